The molecule has 0 saturated heterocycles. The fourth-order valence-corrected chi connectivity index (χ4v) is 2.69. The van der Waals surface area contributed by atoms with Crippen LogP contribution in [0.2, 0.25) is 10.0 Å². The molecule has 24 heavy (non-hydrogen) atoms. The first-order valence-corrected chi connectivity index (χ1v) is 8.58. The number of carbonyl (C=O) groups is 1. The highest BCUT2D eigenvalue weighted by molar-refractivity contribution is 6.42. The van der Waals surface area contributed by atoms with Crippen LogP contribution >= 0.6 is 23.2 Å². The van der Waals surface area contributed by atoms with E-state index in [4.69, 9.17) is 23.2 Å². The summed E-state index contributed by atoms with van der Waals surface area (Å²) >= 11 is 12.1. The minimum absolute atomic E-state index is 0.0848. The van der Waals surface area contributed by atoms with Crippen LogP contribution < -0.4 is 4.90 Å². The first-order valence-electron chi connectivity index (χ1n) is 7.82. The Balaban J connectivity index is 2.33. The number of rotatable bonds is 4. The second-order valence-corrected chi connectivity index (χ2v) is 7.07. The number of hydrogen-bond acceptors (Lipinski definition) is 1. The molecule has 0 radical (unpaired) electrons. The molecule has 0 heterocycles. The highest BCUT2D eigenvalue weighted by Crippen LogP contribution is 2.26. The molecule has 2 rings (SSSR count). The van der Waals surface area contributed by atoms with E-state index in [9.17, 15) is 4.79 Å². The van der Waals surface area contributed by atoms with Crippen LogP contribution in [0.25, 0.3) is 0 Å². The summed E-state index contributed by atoms with van der Waals surface area (Å²) in [6, 6.07) is 13.4. The maximum absolute atomic E-state index is 12.6. The topological polar surface area (TPSA) is 23.6 Å². The van der Waals surface area contributed by atoms with Gasteiger partial charge in [-0.3, -0.25) is 4.90 Å². The van der Waals surface area contributed by atoms with E-state index < -0.39 is 0 Å². The normalized spacial score (nSPS) is 10.8. The van der Waals surface area contributed by atoms with Gasteiger partial charge in [0.15, 0.2) is 0 Å². The third-order valence-electron chi connectivity index (χ3n) is 3.81. The Labute approximate surface area is 153 Å². The van der Waals surface area contributed by atoms with Gasteiger partial charge in [-0.25, -0.2) is 4.79 Å². The number of anilines is 1. The quantitative estimate of drug-likeness (QED) is 0.671. The van der Waals surface area contributed by atoms with Crippen LogP contribution in [0, 0.1) is 0 Å². The lowest BCUT2D eigenvalue weighted by atomic mass is 10.0. The van der Waals surface area contributed by atoms with E-state index in [2.05, 4.69) is 26.0 Å². The van der Waals surface area contributed by atoms with Crippen LogP contribution in [-0.4, -0.2) is 25.0 Å². The van der Waals surface area contributed by atoms with E-state index in [-0.39, 0.29) is 6.03 Å². The molecule has 0 aliphatic heterocycles. The molecular formula is C19H22Cl2N2O. The Morgan fingerprint density at radius 3 is 2.12 bits per heavy atom. The second-order valence-electron chi connectivity index (χ2n) is 6.26. The van der Waals surface area contributed by atoms with Gasteiger partial charge >= 0.3 is 6.03 Å². The van der Waals surface area contributed by atoms with Gasteiger partial charge in [0.25, 0.3) is 0 Å². The van der Waals surface area contributed by atoms with Crippen LogP contribution in [-0.2, 0) is 6.54 Å². The van der Waals surface area contributed by atoms with Crippen molar-refractivity contribution in [1.29, 1.82) is 0 Å². The number of carbonyl (C=O) groups excluding carboxylic acids is 1. The van der Waals surface area contributed by atoms with Gasteiger partial charge in [-0.2, -0.15) is 0 Å². The van der Waals surface area contributed by atoms with E-state index >= 15 is 0 Å². The Kier molecular flexibility index (Phi) is 6.14. The van der Waals surface area contributed by atoms with Gasteiger partial charge in [0.05, 0.1) is 16.6 Å². The molecule has 128 valence electrons. The Bertz CT molecular complexity index is 712. The molecule has 0 spiro atoms. The average Bonchev–Trinajstić information content (AvgIpc) is 2.55. The summed E-state index contributed by atoms with van der Waals surface area (Å²) in [5.74, 6) is 0.451. The SMILES string of the molecule is CC(C)c1ccc(N(Cc2ccc(Cl)c(Cl)c2)C(=O)N(C)C)cc1. The van der Waals surface area contributed by atoms with Crippen molar-refractivity contribution in [1.82, 2.24) is 4.90 Å². The molecule has 2 aromatic rings. The molecule has 0 aliphatic carbocycles. The largest absolute Gasteiger partial charge is 0.330 e. The second kappa shape index (κ2) is 7.91. The van der Waals surface area contributed by atoms with Gasteiger partial charge in [-0.1, -0.05) is 55.2 Å². The van der Waals surface area contributed by atoms with Crippen molar-refractivity contribution < 1.29 is 4.79 Å². The van der Waals surface area contributed by atoms with Crippen LogP contribution in [0.3, 0.4) is 0 Å². The fourth-order valence-electron chi connectivity index (χ4n) is 2.37. The molecule has 5 heteroatoms. The summed E-state index contributed by atoms with van der Waals surface area (Å²) in [6.07, 6.45) is 0. The van der Waals surface area contributed by atoms with Crippen molar-refractivity contribution >= 4 is 34.9 Å². The summed E-state index contributed by atoms with van der Waals surface area (Å²) in [5.41, 5.74) is 3.02. The monoisotopic (exact) mass is 364 g/mol. The molecule has 0 atom stereocenters. The first-order chi connectivity index (χ1) is 11.3. The third-order valence-corrected chi connectivity index (χ3v) is 4.55. The highest BCUT2D eigenvalue weighted by atomic mass is 35.5. The standard InChI is InChI=1S/C19H22Cl2N2O/c1-13(2)15-6-8-16(9-7-15)23(19(24)22(3)4)12-14-5-10-17(20)18(21)11-14/h5-11,13H,12H2,1-4H3. The number of urea groups is 1. The van der Waals surface area contributed by atoms with Gasteiger partial charge in [0.2, 0.25) is 0 Å². The predicted octanol–water partition coefficient (Wildman–Crippen LogP) is 5.81. The third kappa shape index (κ3) is 4.43. The van der Waals surface area contributed by atoms with Crippen LogP contribution in [0.4, 0.5) is 10.5 Å². The van der Waals surface area contributed by atoms with Crippen molar-refractivity contribution in [3.8, 4) is 0 Å². The molecular weight excluding hydrogens is 343 g/mol. The molecule has 0 unspecified atom stereocenters. The lowest BCUT2D eigenvalue weighted by Crippen LogP contribution is -2.38. The average molecular weight is 365 g/mol. The molecule has 2 amide bonds. The zero-order valence-electron chi connectivity index (χ0n) is 14.4. The van der Waals surface area contributed by atoms with Crippen LogP contribution in [0.5, 0.6) is 0 Å². The molecule has 2 aromatic carbocycles. The van der Waals surface area contributed by atoms with Gasteiger partial charge in [-0.05, 0) is 41.3 Å². The summed E-state index contributed by atoms with van der Waals surface area (Å²) < 4.78 is 0. The van der Waals surface area contributed by atoms with Crippen molar-refractivity contribution in [3.05, 3.63) is 63.6 Å². The summed E-state index contributed by atoms with van der Waals surface area (Å²) in [7, 11) is 3.49. The van der Waals surface area contributed by atoms with Crippen molar-refractivity contribution in [2.45, 2.75) is 26.3 Å². The molecule has 0 fully saturated rings. The number of hydrogen-bond donors (Lipinski definition) is 0. The Hall–Kier alpha value is -1.71. The fraction of sp³-hybridized carbons (Fsp3) is 0.316. The minimum atomic E-state index is -0.0848. The maximum Gasteiger partial charge on any atom is 0.324 e. The molecule has 0 bridgehead atoms. The highest BCUT2D eigenvalue weighted by Gasteiger charge is 2.18. The number of nitrogens with zero attached hydrogens (tertiary/aromatic N) is 2. The number of halogens is 2. The van der Waals surface area contributed by atoms with Crippen molar-refractivity contribution in [3.63, 3.8) is 0 Å². The Morgan fingerprint density at radius 2 is 1.62 bits per heavy atom. The summed E-state index contributed by atoms with van der Waals surface area (Å²) in [6.45, 7) is 4.72. The molecule has 0 saturated carbocycles. The van der Waals surface area contributed by atoms with Gasteiger partial charge < -0.3 is 4.90 Å². The minimum Gasteiger partial charge on any atom is -0.330 e. The van der Waals surface area contributed by atoms with Crippen LogP contribution in [0.15, 0.2) is 42.5 Å². The van der Waals surface area contributed by atoms with E-state index in [0.717, 1.165) is 11.3 Å². The van der Waals surface area contributed by atoms with E-state index in [1.54, 1.807) is 36.0 Å². The lowest BCUT2D eigenvalue weighted by molar-refractivity contribution is 0.223. The first kappa shape index (κ1) is 18.6. The molecule has 0 aromatic heterocycles. The molecule has 3 nitrogen and oxygen atoms in total. The zero-order valence-corrected chi connectivity index (χ0v) is 15.9. The van der Waals surface area contributed by atoms with Crippen LogP contribution in [0.1, 0.15) is 30.9 Å². The summed E-state index contributed by atoms with van der Waals surface area (Å²) in [5, 5.41) is 0.994. The van der Waals surface area contributed by atoms with Crippen molar-refractivity contribution in [2.24, 2.45) is 0 Å². The van der Waals surface area contributed by atoms with Crippen molar-refractivity contribution in [2.75, 3.05) is 19.0 Å². The van der Waals surface area contributed by atoms with Gasteiger partial charge in [-0.15, -0.1) is 0 Å². The zero-order chi connectivity index (χ0) is 17.9. The van der Waals surface area contributed by atoms with Gasteiger partial charge in [0.1, 0.15) is 0 Å². The molecule has 0 N–H and O–H groups in total. The summed E-state index contributed by atoms with van der Waals surface area (Å²) in [4.78, 5) is 15.9. The smallest absolute Gasteiger partial charge is 0.324 e. The number of benzene rings is 2. The lowest BCUT2D eigenvalue weighted by Gasteiger charge is -2.27. The maximum atomic E-state index is 12.6. The molecule has 0 aliphatic rings. The van der Waals surface area contributed by atoms with E-state index in [0.29, 0.717) is 22.5 Å². The van der Waals surface area contributed by atoms with E-state index in [1.165, 1.54) is 5.56 Å². The number of amides is 2. The Morgan fingerprint density at radius 1 is 1.00 bits per heavy atom. The van der Waals surface area contributed by atoms with E-state index in [1.807, 2.05) is 18.2 Å². The van der Waals surface area contributed by atoms with Gasteiger partial charge in [0, 0.05) is 19.8 Å². The predicted molar refractivity (Wildman–Crippen MR) is 102 cm³/mol.